The first-order valence-corrected chi connectivity index (χ1v) is 10.7. The van der Waals surface area contributed by atoms with Crippen LogP contribution in [0.15, 0.2) is 77.7 Å². The van der Waals surface area contributed by atoms with Crippen LogP contribution in [0.3, 0.4) is 0 Å². The summed E-state index contributed by atoms with van der Waals surface area (Å²) in [5.74, 6) is -0.408. The SMILES string of the molecule is C[C@@H]1Cc2ccccc2N1C(=O)CSc1ccccc1NC(=O)c1ccc(F)cc1. The van der Waals surface area contributed by atoms with Gasteiger partial charge in [0, 0.05) is 22.2 Å². The minimum absolute atomic E-state index is 0.0390. The number of benzene rings is 3. The number of para-hydroxylation sites is 2. The van der Waals surface area contributed by atoms with Gasteiger partial charge in [0.15, 0.2) is 0 Å². The van der Waals surface area contributed by atoms with Crippen LogP contribution in [0.1, 0.15) is 22.8 Å². The third kappa shape index (κ3) is 4.24. The molecule has 1 heterocycles. The molecule has 0 saturated carbocycles. The van der Waals surface area contributed by atoms with Gasteiger partial charge in [-0.3, -0.25) is 9.59 Å². The van der Waals surface area contributed by atoms with Crippen molar-refractivity contribution in [3.63, 3.8) is 0 Å². The molecule has 4 nitrogen and oxygen atoms in total. The Morgan fingerprint density at radius 3 is 2.53 bits per heavy atom. The number of thioether (sulfide) groups is 1. The van der Waals surface area contributed by atoms with Crippen molar-refractivity contribution in [2.75, 3.05) is 16.0 Å². The Labute approximate surface area is 179 Å². The second kappa shape index (κ2) is 8.71. The molecule has 0 fully saturated rings. The molecule has 0 saturated heterocycles. The van der Waals surface area contributed by atoms with Crippen LogP contribution in [0.5, 0.6) is 0 Å². The average Bonchev–Trinajstić information content (AvgIpc) is 3.09. The molecule has 1 atom stereocenters. The van der Waals surface area contributed by atoms with Gasteiger partial charge in [0.1, 0.15) is 5.82 Å². The smallest absolute Gasteiger partial charge is 0.255 e. The summed E-state index contributed by atoms with van der Waals surface area (Å²) < 4.78 is 13.1. The second-order valence-electron chi connectivity index (χ2n) is 7.19. The van der Waals surface area contributed by atoms with Crippen LogP contribution < -0.4 is 10.2 Å². The van der Waals surface area contributed by atoms with Gasteiger partial charge in [-0.2, -0.15) is 0 Å². The van der Waals surface area contributed by atoms with Gasteiger partial charge in [-0.15, -0.1) is 11.8 Å². The molecule has 0 bridgehead atoms. The molecule has 3 aromatic rings. The number of anilines is 2. The monoisotopic (exact) mass is 420 g/mol. The number of nitrogens with zero attached hydrogens (tertiary/aromatic N) is 1. The Morgan fingerprint density at radius 1 is 1.03 bits per heavy atom. The van der Waals surface area contributed by atoms with Crippen molar-refractivity contribution in [2.24, 2.45) is 0 Å². The number of halogens is 1. The van der Waals surface area contributed by atoms with E-state index in [1.807, 2.05) is 41.3 Å². The lowest BCUT2D eigenvalue weighted by atomic mass is 10.1. The maximum atomic E-state index is 13.1. The van der Waals surface area contributed by atoms with Crippen LogP contribution in [-0.4, -0.2) is 23.6 Å². The first kappa shape index (κ1) is 20.2. The van der Waals surface area contributed by atoms with E-state index in [1.54, 1.807) is 6.07 Å². The van der Waals surface area contributed by atoms with E-state index in [2.05, 4.69) is 18.3 Å². The van der Waals surface area contributed by atoms with Crippen LogP contribution >= 0.6 is 11.8 Å². The summed E-state index contributed by atoms with van der Waals surface area (Å²) in [4.78, 5) is 28.1. The Hall–Kier alpha value is -3.12. The van der Waals surface area contributed by atoms with Crippen LogP contribution in [-0.2, 0) is 11.2 Å². The number of carbonyl (C=O) groups is 2. The fourth-order valence-corrected chi connectivity index (χ4v) is 4.51. The molecule has 1 N–H and O–H groups in total. The number of amides is 2. The second-order valence-corrected chi connectivity index (χ2v) is 8.21. The Bertz CT molecular complexity index is 1080. The maximum absolute atomic E-state index is 13.1. The lowest BCUT2D eigenvalue weighted by Crippen LogP contribution is -2.36. The average molecular weight is 421 g/mol. The molecule has 0 radical (unpaired) electrons. The van der Waals surface area contributed by atoms with Crippen molar-refractivity contribution >= 4 is 35.0 Å². The standard InChI is InChI=1S/C24H21FN2O2S/c1-16-14-18-6-2-4-8-21(18)27(16)23(28)15-30-22-9-5-3-7-20(22)26-24(29)17-10-12-19(25)13-11-17/h2-13,16H,14-15H2,1H3,(H,26,29)/t16-/m1/s1. The van der Waals surface area contributed by atoms with Crippen LogP contribution in [0.25, 0.3) is 0 Å². The summed E-state index contributed by atoms with van der Waals surface area (Å²) in [5, 5.41) is 2.86. The molecule has 6 heteroatoms. The highest BCUT2D eigenvalue weighted by Gasteiger charge is 2.30. The van der Waals surface area contributed by atoms with Gasteiger partial charge in [0.25, 0.3) is 5.91 Å². The number of fused-ring (bicyclic) bond motifs is 1. The highest BCUT2D eigenvalue weighted by Crippen LogP contribution is 2.34. The number of rotatable bonds is 5. The molecule has 1 aliphatic rings. The molecular weight excluding hydrogens is 399 g/mol. The number of carbonyl (C=O) groups excluding carboxylic acids is 2. The molecule has 2 amide bonds. The van der Waals surface area contributed by atoms with Gasteiger partial charge in [0.2, 0.25) is 5.91 Å². The maximum Gasteiger partial charge on any atom is 0.255 e. The number of hydrogen-bond donors (Lipinski definition) is 1. The van der Waals surface area contributed by atoms with Gasteiger partial charge >= 0.3 is 0 Å². The molecule has 0 aromatic heterocycles. The van der Waals surface area contributed by atoms with E-state index in [1.165, 1.54) is 41.6 Å². The zero-order valence-corrected chi connectivity index (χ0v) is 17.3. The van der Waals surface area contributed by atoms with Crippen molar-refractivity contribution in [2.45, 2.75) is 24.3 Å². The molecule has 0 aliphatic carbocycles. The minimum atomic E-state index is -0.390. The number of hydrogen-bond acceptors (Lipinski definition) is 3. The predicted octanol–water partition coefficient (Wildman–Crippen LogP) is 5.15. The molecule has 1 aliphatic heterocycles. The Balaban J connectivity index is 1.45. The third-order valence-electron chi connectivity index (χ3n) is 5.07. The van der Waals surface area contributed by atoms with Crippen molar-refractivity contribution in [3.05, 3.63) is 89.7 Å². The van der Waals surface area contributed by atoms with Crippen molar-refractivity contribution in [1.29, 1.82) is 0 Å². The number of nitrogens with one attached hydrogen (secondary N) is 1. The van der Waals surface area contributed by atoms with Gasteiger partial charge in [-0.05, 0) is 61.4 Å². The van der Waals surface area contributed by atoms with E-state index >= 15 is 0 Å². The van der Waals surface area contributed by atoms with E-state index in [0.717, 1.165) is 17.0 Å². The summed E-state index contributed by atoms with van der Waals surface area (Å²) in [7, 11) is 0. The fraction of sp³-hybridized carbons (Fsp3) is 0.167. The lowest BCUT2D eigenvalue weighted by molar-refractivity contribution is -0.116. The minimum Gasteiger partial charge on any atom is -0.321 e. The van der Waals surface area contributed by atoms with E-state index in [9.17, 15) is 14.0 Å². The largest absolute Gasteiger partial charge is 0.321 e. The Kier molecular flexibility index (Phi) is 5.86. The molecule has 152 valence electrons. The van der Waals surface area contributed by atoms with E-state index < -0.39 is 5.82 Å². The first-order valence-electron chi connectivity index (χ1n) is 9.71. The summed E-state index contributed by atoms with van der Waals surface area (Å²) in [6.45, 7) is 2.05. The van der Waals surface area contributed by atoms with Crippen LogP contribution in [0.2, 0.25) is 0 Å². The molecule has 0 spiro atoms. The van der Waals surface area contributed by atoms with Gasteiger partial charge < -0.3 is 10.2 Å². The fourth-order valence-electron chi connectivity index (χ4n) is 3.65. The molecule has 30 heavy (non-hydrogen) atoms. The van der Waals surface area contributed by atoms with Crippen LogP contribution in [0.4, 0.5) is 15.8 Å². The summed E-state index contributed by atoms with van der Waals surface area (Å²) in [6.07, 6.45) is 0.858. The van der Waals surface area contributed by atoms with Crippen LogP contribution in [0, 0.1) is 5.82 Å². The van der Waals surface area contributed by atoms with Gasteiger partial charge in [-0.1, -0.05) is 30.3 Å². The van der Waals surface area contributed by atoms with Gasteiger partial charge in [-0.25, -0.2) is 4.39 Å². The zero-order valence-electron chi connectivity index (χ0n) is 16.5. The first-order chi connectivity index (χ1) is 14.5. The quantitative estimate of drug-likeness (QED) is 0.581. The van der Waals surface area contributed by atoms with Crippen molar-refractivity contribution < 1.29 is 14.0 Å². The normalized spacial score (nSPS) is 15.0. The molecule has 4 rings (SSSR count). The topological polar surface area (TPSA) is 49.4 Å². The molecule has 0 unspecified atom stereocenters. The summed E-state index contributed by atoms with van der Waals surface area (Å²) in [5.41, 5.74) is 3.16. The highest BCUT2D eigenvalue weighted by molar-refractivity contribution is 8.00. The molecule has 3 aromatic carbocycles. The summed E-state index contributed by atoms with van der Waals surface area (Å²) in [6, 6.07) is 20.9. The van der Waals surface area contributed by atoms with E-state index in [-0.39, 0.29) is 23.6 Å². The van der Waals surface area contributed by atoms with E-state index in [4.69, 9.17) is 0 Å². The Morgan fingerprint density at radius 2 is 1.73 bits per heavy atom. The van der Waals surface area contributed by atoms with E-state index in [0.29, 0.717) is 11.3 Å². The van der Waals surface area contributed by atoms with Gasteiger partial charge in [0.05, 0.1) is 11.4 Å². The van der Waals surface area contributed by atoms with Crippen molar-refractivity contribution in [1.82, 2.24) is 0 Å². The zero-order chi connectivity index (χ0) is 21.1. The van der Waals surface area contributed by atoms with Crippen molar-refractivity contribution in [3.8, 4) is 0 Å². The molecular formula is C24H21FN2O2S. The summed E-state index contributed by atoms with van der Waals surface area (Å²) >= 11 is 1.39. The lowest BCUT2D eigenvalue weighted by Gasteiger charge is -2.22. The predicted molar refractivity (Wildman–Crippen MR) is 119 cm³/mol. The third-order valence-corrected chi connectivity index (χ3v) is 6.13. The highest BCUT2D eigenvalue weighted by atomic mass is 32.2.